The number of amides is 2. The van der Waals surface area contributed by atoms with Crippen LogP contribution in [0.5, 0.6) is 0 Å². The maximum Gasteiger partial charge on any atom is 0.321 e. The van der Waals surface area contributed by atoms with Crippen LogP contribution in [0.1, 0.15) is 26.7 Å². The summed E-state index contributed by atoms with van der Waals surface area (Å²) in [5, 5.41) is 11.5. The van der Waals surface area contributed by atoms with Crippen molar-refractivity contribution in [3.8, 4) is 6.07 Å². The van der Waals surface area contributed by atoms with Crippen molar-refractivity contribution >= 4 is 11.7 Å². The second-order valence-corrected chi connectivity index (χ2v) is 4.87. The van der Waals surface area contributed by atoms with E-state index in [4.69, 9.17) is 5.26 Å². The molecular weight excluding hydrogens is 238 g/mol. The number of nitrogens with zero attached hydrogens (tertiary/aromatic N) is 2. The van der Waals surface area contributed by atoms with Crippen LogP contribution in [0.4, 0.5) is 10.5 Å². The third-order valence-electron chi connectivity index (χ3n) is 2.78. The Labute approximate surface area is 115 Å². The van der Waals surface area contributed by atoms with Crippen LogP contribution in [0.3, 0.4) is 0 Å². The first-order chi connectivity index (χ1) is 9.13. The molecule has 0 spiro atoms. The fourth-order valence-electron chi connectivity index (χ4n) is 1.64. The highest BCUT2D eigenvalue weighted by molar-refractivity contribution is 5.89. The first kappa shape index (κ1) is 15.0. The molecule has 0 aromatic heterocycles. The number of nitriles is 1. The monoisotopic (exact) mass is 259 g/mol. The Morgan fingerprint density at radius 2 is 2.00 bits per heavy atom. The minimum Gasteiger partial charge on any atom is -0.323 e. The van der Waals surface area contributed by atoms with E-state index in [1.54, 1.807) is 4.90 Å². The van der Waals surface area contributed by atoms with Crippen LogP contribution >= 0.6 is 0 Å². The molecule has 19 heavy (non-hydrogen) atoms. The van der Waals surface area contributed by atoms with Gasteiger partial charge < -0.3 is 10.2 Å². The minimum absolute atomic E-state index is 0.137. The Hall–Kier alpha value is -2.02. The smallest absolute Gasteiger partial charge is 0.321 e. The predicted octanol–water partition coefficient (Wildman–Crippen LogP) is 3.48. The third kappa shape index (κ3) is 5.91. The number of urea groups is 1. The van der Waals surface area contributed by atoms with E-state index in [1.165, 1.54) is 0 Å². The largest absolute Gasteiger partial charge is 0.323 e. The van der Waals surface area contributed by atoms with Gasteiger partial charge in [0.15, 0.2) is 0 Å². The molecule has 0 unspecified atom stereocenters. The first-order valence-corrected chi connectivity index (χ1v) is 6.61. The van der Waals surface area contributed by atoms with E-state index in [0.29, 0.717) is 25.4 Å². The Morgan fingerprint density at radius 3 is 2.58 bits per heavy atom. The van der Waals surface area contributed by atoms with E-state index in [2.05, 4.69) is 25.2 Å². The molecule has 4 nitrogen and oxygen atoms in total. The third-order valence-corrected chi connectivity index (χ3v) is 2.78. The van der Waals surface area contributed by atoms with E-state index in [9.17, 15) is 4.79 Å². The molecule has 0 fully saturated rings. The molecule has 0 heterocycles. The van der Waals surface area contributed by atoms with Crippen molar-refractivity contribution in [2.75, 3.05) is 18.4 Å². The summed E-state index contributed by atoms with van der Waals surface area (Å²) >= 11 is 0. The molecule has 0 saturated heterocycles. The standard InChI is InChI=1S/C15H21N3O/c1-13(2)9-12-18(11-6-10-16)15(19)17-14-7-4-3-5-8-14/h3-5,7-8,13H,6,9,11-12H2,1-2H3,(H,17,19). The highest BCUT2D eigenvalue weighted by Gasteiger charge is 2.13. The Balaban J connectivity index is 2.57. The first-order valence-electron chi connectivity index (χ1n) is 6.61. The minimum atomic E-state index is -0.137. The molecule has 102 valence electrons. The number of hydrogen-bond donors (Lipinski definition) is 1. The number of nitrogens with one attached hydrogen (secondary N) is 1. The van der Waals surface area contributed by atoms with Crippen molar-refractivity contribution < 1.29 is 4.79 Å². The lowest BCUT2D eigenvalue weighted by Crippen LogP contribution is -2.36. The molecule has 1 aromatic rings. The highest BCUT2D eigenvalue weighted by Crippen LogP contribution is 2.09. The molecule has 0 radical (unpaired) electrons. The number of anilines is 1. The number of carbonyl (C=O) groups is 1. The molecule has 4 heteroatoms. The normalized spacial score (nSPS) is 10.0. The summed E-state index contributed by atoms with van der Waals surface area (Å²) < 4.78 is 0. The summed E-state index contributed by atoms with van der Waals surface area (Å²) in [5.41, 5.74) is 0.777. The van der Waals surface area contributed by atoms with Crippen LogP contribution in [0.25, 0.3) is 0 Å². The Bertz CT molecular complexity index is 423. The fourth-order valence-corrected chi connectivity index (χ4v) is 1.64. The van der Waals surface area contributed by atoms with Crippen LogP contribution in [0.2, 0.25) is 0 Å². The molecule has 0 atom stereocenters. The molecule has 0 aliphatic rings. The van der Waals surface area contributed by atoms with Gasteiger partial charge in [-0.05, 0) is 24.5 Å². The lowest BCUT2D eigenvalue weighted by Gasteiger charge is -2.23. The van der Waals surface area contributed by atoms with E-state index in [1.807, 2.05) is 30.3 Å². The zero-order valence-electron chi connectivity index (χ0n) is 11.6. The summed E-state index contributed by atoms with van der Waals surface area (Å²) in [6.07, 6.45) is 1.30. The molecule has 0 aliphatic heterocycles. The average Bonchev–Trinajstić information content (AvgIpc) is 2.39. The van der Waals surface area contributed by atoms with Gasteiger partial charge in [0.25, 0.3) is 0 Å². The molecule has 1 rings (SSSR count). The summed E-state index contributed by atoms with van der Waals surface area (Å²) in [6.45, 7) is 5.40. The van der Waals surface area contributed by atoms with Crippen LogP contribution in [0.15, 0.2) is 30.3 Å². The quantitative estimate of drug-likeness (QED) is 0.850. The van der Waals surface area contributed by atoms with Gasteiger partial charge in [0, 0.05) is 18.8 Å². The van der Waals surface area contributed by atoms with E-state index in [0.717, 1.165) is 12.1 Å². The molecule has 0 saturated carbocycles. The number of carbonyl (C=O) groups excluding carboxylic acids is 1. The number of hydrogen-bond acceptors (Lipinski definition) is 2. The van der Waals surface area contributed by atoms with E-state index in [-0.39, 0.29) is 6.03 Å². The summed E-state index contributed by atoms with van der Waals surface area (Å²) in [4.78, 5) is 13.8. The molecule has 0 bridgehead atoms. The van der Waals surface area contributed by atoms with Crippen molar-refractivity contribution in [3.05, 3.63) is 30.3 Å². The van der Waals surface area contributed by atoms with Gasteiger partial charge in [-0.25, -0.2) is 4.79 Å². The molecule has 1 aromatic carbocycles. The van der Waals surface area contributed by atoms with E-state index >= 15 is 0 Å². The topological polar surface area (TPSA) is 56.1 Å². The van der Waals surface area contributed by atoms with Crippen LogP contribution in [0, 0.1) is 17.2 Å². The van der Waals surface area contributed by atoms with Crippen molar-refractivity contribution in [1.82, 2.24) is 4.90 Å². The maximum absolute atomic E-state index is 12.1. The molecule has 0 aliphatic carbocycles. The van der Waals surface area contributed by atoms with Gasteiger partial charge in [-0.1, -0.05) is 32.0 Å². The Kier molecular flexibility index (Phi) is 6.45. The SMILES string of the molecule is CC(C)CCN(CCC#N)C(=O)Nc1ccccc1. The van der Waals surface area contributed by atoms with Gasteiger partial charge in [-0.2, -0.15) is 5.26 Å². The number of rotatable bonds is 6. The van der Waals surface area contributed by atoms with Gasteiger partial charge in [0.2, 0.25) is 0 Å². The molecule has 1 N–H and O–H groups in total. The summed E-state index contributed by atoms with van der Waals surface area (Å²) in [6, 6.07) is 11.3. The zero-order valence-corrected chi connectivity index (χ0v) is 11.6. The summed E-state index contributed by atoms with van der Waals surface area (Å²) in [7, 11) is 0. The van der Waals surface area contributed by atoms with Gasteiger partial charge in [0.1, 0.15) is 0 Å². The van der Waals surface area contributed by atoms with Crippen molar-refractivity contribution in [2.24, 2.45) is 5.92 Å². The van der Waals surface area contributed by atoms with Gasteiger partial charge in [-0.15, -0.1) is 0 Å². The van der Waals surface area contributed by atoms with E-state index < -0.39 is 0 Å². The van der Waals surface area contributed by atoms with Gasteiger partial charge in [-0.3, -0.25) is 0 Å². The molecular formula is C15H21N3O. The summed E-state index contributed by atoms with van der Waals surface area (Å²) in [5.74, 6) is 0.536. The molecule has 2 amide bonds. The van der Waals surface area contributed by atoms with Crippen LogP contribution < -0.4 is 5.32 Å². The maximum atomic E-state index is 12.1. The second-order valence-electron chi connectivity index (χ2n) is 4.87. The van der Waals surface area contributed by atoms with Gasteiger partial charge >= 0.3 is 6.03 Å². The van der Waals surface area contributed by atoms with Crippen LogP contribution in [-0.2, 0) is 0 Å². The predicted molar refractivity (Wildman–Crippen MR) is 76.7 cm³/mol. The van der Waals surface area contributed by atoms with Crippen LogP contribution in [-0.4, -0.2) is 24.0 Å². The fraction of sp³-hybridized carbons (Fsp3) is 0.467. The second kappa shape index (κ2) is 8.15. The zero-order chi connectivity index (χ0) is 14.1. The van der Waals surface area contributed by atoms with Crippen molar-refractivity contribution in [1.29, 1.82) is 5.26 Å². The van der Waals surface area contributed by atoms with Crippen molar-refractivity contribution in [3.63, 3.8) is 0 Å². The average molecular weight is 259 g/mol. The lowest BCUT2D eigenvalue weighted by atomic mass is 10.1. The Morgan fingerprint density at radius 1 is 1.32 bits per heavy atom. The van der Waals surface area contributed by atoms with Gasteiger partial charge in [0.05, 0.1) is 12.5 Å². The number of benzene rings is 1. The van der Waals surface area contributed by atoms with Crippen molar-refractivity contribution in [2.45, 2.75) is 26.7 Å². The number of para-hydroxylation sites is 1. The lowest BCUT2D eigenvalue weighted by molar-refractivity contribution is 0.209. The highest BCUT2D eigenvalue weighted by atomic mass is 16.2.